The van der Waals surface area contributed by atoms with Gasteiger partial charge in [-0.1, -0.05) is 12.2 Å². The normalized spacial score (nSPS) is 19.9. The van der Waals surface area contributed by atoms with Crippen molar-refractivity contribution in [1.82, 2.24) is 4.98 Å². The lowest BCUT2D eigenvalue weighted by molar-refractivity contribution is 0.974. The molecular weight excluding hydrogens is 150 g/mol. The minimum Gasteiger partial charge on any atom is -0.384 e. The van der Waals surface area contributed by atoms with Crippen LogP contribution in [-0.4, -0.2) is 11.0 Å². The van der Waals surface area contributed by atoms with Gasteiger partial charge in [0, 0.05) is 11.6 Å². The molecule has 0 fully saturated rings. The van der Waals surface area contributed by atoms with Gasteiger partial charge in [0.25, 0.3) is 0 Å². The molecule has 1 aromatic heterocycles. The molecule has 2 rings (SSSR count). The Balaban J connectivity index is 2.47. The molecule has 0 spiro atoms. The van der Waals surface area contributed by atoms with Crippen molar-refractivity contribution in [2.24, 2.45) is 0 Å². The molecule has 12 heavy (non-hydrogen) atoms. The van der Waals surface area contributed by atoms with Gasteiger partial charge in [-0.2, -0.15) is 0 Å². The highest BCUT2D eigenvalue weighted by molar-refractivity contribution is 5.68. The number of nitrogens with two attached hydrogens (primary N) is 1. The van der Waals surface area contributed by atoms with Crippen molar-refractivity contribution in [3.05, 3.63) is 23.8 Å². The average molecular weight is 161 g/mol. The molecule has 3 N–H and O–H groups in total. The predicted molar refractivity (Wildman–Crippen MR) is 50.8 cm³/mol. The summed E-state index contributed by atoms with van der Waals surface area (Å²) in [6, 6.07) is 4.11. The lowest BCUT2D eigenvalue weighted by atomic mass is 10.1. The van der Waals surface area contributed by atoms with E-state index in [1.165, 1.54) is 0 Å². The number of nitrogen functional groups attached to an aromatic ring is 1. The summed E-state index contributed by atoms with van der Waals surface area (Å²) >= 11 is 0. The second-order valence-corrected chi connectivity index (χ2v) is 2.97. The van der Waals surface area contributed by atoms with E-state index >= 15 is 0 Å². The standard InChI is InChI=1S/C9H11N3/c1-6-2-3-7-4-5-8(10)12-9(7)11-6/h2-6H,1H3,(H3,10,11,12). The van der Waals surface area contributed by atoms with Gasteiger partial charge in [-0.05, 0) is 19.1 Å². The summed E-state index contributed by atoms with van der Waals surface area (Å²) in [6.07, 6.45) is 4.16. The second-order valence-electron chi connectivity index (χ2n) is 2.97. The first kappa shape index (κ1) is 7.16. The fourth-order valence-electron chi connectivity index (χ4n) is 1.25. The first-order valence-corrected chi connectivity index (χ1v) is 3.97. The third-order valence-electron chi connectivity index (χ3n) is 1.88. The molecule has 0 amide bonds. The largest absolute Gasteiger partial charge is 0.384 e. The second kappa shape index (κ2) is 2.52. The molecule has 3 nitrogen and oxygen atoms in total. The topological polar surface area (TPSA) is 50.9 Å². The van der Waals surface area contributed by atoms with Crippen LogP contribution in [0.3, 0.4) is 0 Å². The Morgan fingerprint density at radius 3 is 3.17 bits per heavy atom. The van der Waals surface area contributed by atoms with Crippen LogP contribution in [0.25, 0.3) is 6.08 Å². The molecule has 0 saturated carbocycles. The maximum Gasteiger partial charge on any atom is 0.136 e. The highest BCUT2D eigenvalue weighted by Crippen LogP contribution is 2.21. The van der Waals surface area contributed by atoms with E-state index in [-0.39, 0.29) is 0 Å². The van der Waals surface area contributed by atoms with Crippen molar-refractivity contribution >= 4 is 17.7 Å². The Bertz CT molecular complexity index is 331. The van der Waals surface area contributed by atoms with Crippen LogP contribution in [0.5, 0.6) is 0 Å². The number of fused-ring (bicyclic) bond motifs is 1. The van der Waals surface area contributed by atoms with Crippen molar-refractivity contribution in [2.75, 3.05) is 11.1 Å². The summed E-state index contributed by atoms with van der Waals surface area (Å²) in [5, 5.41) is 3.22. The van der Waals surface area contributed by atoms with Gasteiger partial charge in [-0.15, -0.1) is 0 Å². The Morgan fingerprint density at radius 2 is 2.33 bits per heavy atom. The van der Waals surface area contributed by atoms with Crippen LogP contribution in [-0.2, 0) is 0 Å². The van der Waals surface area contributed by atoms with E-state index in [1.807, 2.05) is 6.07 Å². The zero-order chi connectivity index (χ0) is 8.55. The number of nitrogens with zero attached hydrogens (tertiary/aromatic N) is 1. The van der Waals surface area contributed by atoms with E-state index in [4.69, 9.17) is 5.73 Å². The lowest BCUT2D eigenvalue weighted by Gasteiger charge is -2.17. The highest BCUT2D eigenvalue weighted by atomic mass is 15.0. The molecule has 1 atom stereocenters. The third kappa shape index (κ3) is 1.13. The smallest absolute Gasteiger partial charge is 0.136 e. The van der Waals surface area contributed by atoms with Gasteiger partial charge >= 0.3 is 0 Å². The van der Waals surface area contributed by atoms with Crippen LogP contribution in [0.15, 0.2) is 18.2 Å². The summed E-state index contributed by atoms with van der Waals surface area (Å²) in [6.45, 7) is 2.07. The predicted octanol–water partition coefficient (Wildman–Crippen LogP) is 1.49. The first-order chi connectivity index (χ1) is 5.75. The van der Waals surface area contributed by atoms with Gasteiger partial charge in [0.15, 0.2) is 0 Å². The first-order valence-electron chi connectivity index (χ1n) is 3.97. The van der Waals surface area contributed by atoms with Crippen molar-refractivity contribution in [3.8, 4) is 0 Å². The SMILES string of the molecule is CC1C=Cc2ccc(N)nc2N1. The summed E-state index contributed by atoms with van der Waals surface area (Å²) in [5.74, 6) is 1.44. The number of anilines is 2. The maximum absolute atomic E-state index is 5.55. The number of hydrogen-bond acceptors (Lipinski definition) is 3. The number of pyridine rings is 1. The van der Waals surface area contributed by atoms with Crippen LogP contribution in [0.1, 0.15) is 12.5 Å². The molecule has 0 bridgehead atoms. The van der Waals surface area contributed by atoms with Gasteiger partial charge in [0.1, 0.15) is 11.6 Å². The quantitative estimate of drug-likeness (QED) is 0.606. The Labute approximate surface area is 71.3 Å². The number of rotatable bonds is 0. The molecule has 1 unspecified atom stereocenters. The number of hydrogen-bond donors (Lipinski definition) is 2. The summed E-state index contributed by atoms with van der Waals surface area (Å²) in [5.41, 5.74) is 6.65. The van der Waals surface area contributed by atoms with Crippen LogP contribution >= 0.6 is 0 Å². The van der Waals surface area contributed by atoms with Gasteiger partial charge in [0.05, 0.1) is 0 Å². The number of aromatic nitrogens is 1. The lowest BCUT2D eigenvalue weighted by Crippen LogP contribution is -2.17. The molecule has 1 aromatic rings. The molecule has 3 heteroatoms. The molecule has 62 valence electrons. The molecular formula is C9H11N3. The van der Waals surface area contributed by atoms with Crippen LogP contribution in [0.2, 0.25) is 0 Å². The van der Waals surface area contributed by atoms with Crippen molar-refractivity contribution in [2.45, 2.75) is 13.0 Å². The van der Waals surface area contributed by atoms with Gasteiger partial charge in [-0.3, -0.25) is 0 Å². The van der Waals surface area contributed by atoms with E-state index in [0.29, 0.717) is 11.9 Å². The van der Waals surface area contributed by atoms with Gasteiger partial charge in [-0.25, -0.2) is 4.98 Å². The van der Waals surface area contributed by atoms with Crippen molar-refractivity contribution < 1.29 is 0 Å². The summed E-state index contributed by atoms with van der Waals surface area (Å²) in [7, 11) is 0. The maximum atomic E-state index is 5.55. The summed E-state index contributed by atoms with van der Waals surface area (Å²) < 4.78 is 0. The molecule has 0 aromatic carbocycles. The molecule has 1 aliphatic heterocycles. The molecule has 0 radical (unpaired) electrons. The minimum atomic E-state index is 0.340. The summed E-state index contributed by atoms with van der Waals surface area (Å²) in [4.78, 5) is 4.18. The van der Waals surface area contributed by atoms with E-state index in [2.05, 4.69) is 29.4 Å². The van der Waals surface area contributed by atoms with E-state index in [1.54, 1.807) is 6.07 Å². The van der Waals surface area contributed by atoms with Crippen LogP contribution < -0.4 is 11.1 Å². The van der Waals surface area contributed by atoms with E-state index in [9.17, 15) is 0 Å². The molecule has 0 aliphatic carbocycles. The fraction of sp³-hybridized carbons (Fsp3) is 0.222. The average Bonchev–Trinajstić information content (AvgIpc) is 2.03. The number of nitrogens with one attached hydrogen (secondary N) is 1. The zero-order valence-electron chi connectivity index (χ0n) is 6.91. The Kier molecular flexibility index (Phi) is 1.50. The molecule has 0 saturated heterocycles. The van der Waals surface area contributed by atoms with E-state index < -0.39 is 0 Å². The fourth-order valence-corrected chi connectivity index (χ4v) is 1.25. The van der Waals surface area contributed by atoms with Gasteiger partial charge in [0.2, 0.25) is 0 Å². The Morgan fingerprint density at radius 1 is 1.50 bits per heavy atom. The van der Waals surface area contributed by atoms with Crippen molar-refractivity contribution in [1.29, 1.82) is 0 Å². The van der Waals surface area contributed by atoms with Crippen LogP contribution in [0.4, 0.5) is 11.6 Å². The monoisotopic (exact) mass is 161 g/mol. The zero-order valence-corrected chi connectivity index (χ0v) is 6.91. The Hall–Kier alpha value is -1.51. The van der Waals surface area contributed by atoms with Crippen LogP contribution in [0, 0.1) is 0 Å². The van der Waals surface area contributed by atoms with Crippen molar-refractivity contribution in [3.63, 3.8) is 0 Å². The highest BCUT2D eigenvalue weighted by Gasteiger charge is 2.08. The minimum absolute atomic E-state index is 0.340. The van der Waals surface area contributed by atoms with E-state index in [0.717, 1.165) is 11.4 Å². The molecule has 1 aliphatic rings. The third-order valence-corrected chi connectivity index (χ3v) is 1.88. The van der Waals surface area contributed by atoms with Gasteiger partial charge < -0.3 is 11.1 Å². The molecule has 2 heterocycles.